The average Bonchev–Trinajstić information content (AvgIpc) is 3.03. The maximum atomic E-state index is 13.4. The quantitative estimate of drug-likeness (QED) is 0.745. The summed E-state index contributed by atoms with van der Waals surface area (Å²) < 4.78 is 0. The Bertz CT molecular complexity index is 971. The number of rotatable bonds is 5. The zero-order chi connectivity index (χ0) is 22.0. The van der Waals surface area contributed by atoms with Gasteiger partial charge < -0.3 is 10.2 Å². The van der Waals surface area contributed by atoms with E-state index >= 15 is 0 Å². The number of nitrogens with zero attached hydrogens (tertiary/aromatic N) is 2. The number of benzene rings is 2. The van der Waals surface area contributed by atoms with Crippen LogP contribution in [0.4, 0.5) is 5.69 Å². The van der Waals surface area contributed by atoms with Crippen LogP contribution < -0.4 is 5.32 Å². The molecule has 2 aromatic carbocycles. The van der Waals surface area contributed by atoms with Gasteiger partial charge in [-0.1, -0.05) is 63.2 Å². The number of hydrogen-bond acceptors (Lipinski definition) is 3. The summed E-state index contributed by atoms with van der Waals surface area (Å²) in [6.45, 7) is 6.53. The maximum absolute atomic E-state index is 13.4. The van der Waals surface area contributed by atoms with E-state index in [4.69, 9.17) is 4.99 Å². The molecule has 0 bridgehead atoms. The zero-order valence-electron chi connectivity index (χ0n) is 18.6. The second kappa shape index (κ2) is 8.66. The van der Waals surface area contributed by atoms with E-state index in [0.717, 1.165) is 36.9 Å². The fourth-order valence-corrected chi connectivity index (χ4v) is 4.54. The van der Waals surface area contributed by atoms with Crippen molar-refractivity contribution in [1.82, 2.24) is 4.90 Å². The van der Waals surface area contributed by atoms with E-state index in [1.54, 1.807) is 4.90 Å². The van der Waals surface area contributed by atoms with Crippen LogP contribution in [-0.2, 0) is 9.59 Å². The standard InChI is InChI=1S/C26H31N3O2/c1-18(2)20-9-11-22(12-10-20)27-23(30)17-29-25(31)24(21-7-5-4-6-8-21)28-26(29)15-13-19(3)14-16-26/h4-12,18-19H,13-17H2,1-3H3,(H,27,30). The molecule has 1 aliphatic heterocycles. The molecule has 0 radical (unpaired) electrons. The Hall–Kier alpha value is -2.95. The molecule has 0 unspecified atom stereocenters. The van der Waals surface area contributed by atoms with Gasteiger partial charge in [-0.3, -0.25) is 14.6 Å². The molecule has 5 heteroatoms. The van der Waals surface area contributed by atoms with Gasteiger partial charge in [0.1, 0.15) is 17.9 Å². The first-order chi connectivity index (χ1) is 14.9. The van der Waals surface area contributed by atoms with Crippen LogP contribution in [0.2, 0.25) is 0 Å². The van der Waals surface area contributed by atoms with Gasteiger partial charge in [0.2, 0.25) is 5.91 Å². The fraction of sp³-hybridized carbons (Fsp3) is 0.423. The lowest BCUT2D eigenvalue weighted by Crippen LogP contribution is -2.51. The van der Waals surface area contributed by atoms with Gasteiger partial charge in [-0.05, 0) is 55.2 Å². The highest BCUT2D eigenvalue weighted by atomic mass is 16.2. The number of carbonyl (C=O) groups excluding carboxylic acids is 2. The molecule has 0 aromatic heterocycles. The molecule has 5 nitrogen and oxygen atoms in total. The summed E-state index contributed by atoms with van der Waals surface area (Å²) in [5.74, 6) is 0.722. The SMILES string of the molecule is CC1CCC2(CC1)N=C(c1ccccc1)C(=O)N2CC(=O)Nc1ccc(C(C)C)cc1. The summed E-state index contributed by atoms with van der Waals surface area (Å²) in [7, 11) is 0. The summed E-state index contributed by atoms with van der Waals surface area (Å²) in [5.41, 5.74) is 2.66. The molecule has 1 saturated carbocycles. The summed E-state index contributed by atoms with van der Waals surface area (Å²) in [4.78, 5) is 33.0. The van der Waals surface area contributed by atoms with Crippen molar-refractivity contribution in [3.8, 4) is 0 Å². The Kier molecular flexibility index (Phi) is 5.94. The monoisotopic (exact) mass is 417 g/mol. The lowest BCUT2D eigenvalue weighted by Gasteiger charge is -2.40. The van der Waals surface area contributed by atoms with E-state index in [9.17, 15) is 9.59 Å². The molecular weight excluding hydrogens is 386 g/mol. The Morgan fingerprint density at radius 1 is 1.10 bits per heavy atom. The highest BCUT2D eigenvalue weighted by molar-refractivity contribution is 6.47. The minimum Gasteiger partial charge on any atom is -0.325 e. The van der Waals surface area contributed by atoms with Crippen molar-refractivity contribution < 1.29 is 9.59 Å². The van der Waals surface area contributed by atoms with Crippen molar-refractivity contribution in [1.29, 1.82) is 0 Å². The van der Waals surface area contributed by atoms with Gasteiger partial charge in [0.15, 0.2) is 0 Å². The maximum Gasteiger partial charge on any atom is 0.275 e. The summed E-state index contributed by atoms with van der Waals surface area (Å²) in [5, 5.41) is 2.96. The molecule has 0 atom stereocenters. The number of hydrogen-bond donors (Lipinski definition) is 1. The molecule has 31 heavy (non-hydrogen) atoms. The fourth-order valence-electron chi connectivity index (χ4n) is 4.54. The third kappa shape index (κ3) is 4.41. The number of nitrogens with one attached hydrogen (secondary N) is 1. The predicted octanol–water partition coefficient (Wildman–Crippen LogP) is 4.99. The van der Waals surface area contributed by atoms with E-state index in [0.29, 0.717) is 17.5 Å². The molecule has 162 valence electrons. The zero-order valence-corrected chi connectivity index (χ0v) is 18.6. The van der Waals surface area contributed by atoms with Crippen molar-refractivity contribution >= 4 is 23.2 Å². The van der Waals surface area contributed by atoms with Gasteiger partial charge in [0, 0.05) is 11.3 Å². The summed E-state index contributed by atoms with van der Waals surface area (Å²) in [6.07, 6.45) is 3.61. The molecule has 1 fully saturated rings. The average molecular weight is 418 g/mol. The number of amides is 2. The van der Waals surface area contributed by atoms with E-state index in [1.807, 2.05) is 54.6 Å². The molecule has 2 aromatic rings. The third-order valence-corrected chi connectivity index (χ3v) is 6.56. The van der Waals surface area contributed by atoms with E-state index in [-0.39, 0.29) is 18.4 Å². The van der Waals surface area contributed by atoms with Crippen LogP contribution >= 0.6 is 0 Å². The minimum atomic E-state index is -0.604. The van der Waals surface area contributed by atoms with Crippen LogP contribution in [0, 0.1) is 5.92 Å². The van der Waals surface area contributed by atoms with E-state index < -0.39 is 5.66 Å². The van der Waals surface area contributed by atoms with Crippen LogP contribution in [0.5, 0.6) is 0 Å². The molecule has 1 spiro atoms. The van der Waals surface area contributed by atoms with Crippen LogP contribution in [0.15, 0.2) is 59.6 Å². The van der Waals surface area contributed by atoms with Crippen molar-refractivity contribution in [3.63, 3.8) is 0 Å². The van der Waals surface area contributed by atoms with E-state index in [2.05, 4.69) is 26.1 Å². The van der Waals surface area contributed by atoms with Gasteiger partial charge in [-0.25, -0.2) is 0 Å². The molecule has 1 N–H and O–H groups in total. The van der Waals surface area contributed by atoms with Gasteiger partial charge in [0.25, 0.3) is 5.91 Å². The third-order valence-electron chi connectivity index (χ3n) is 6.56. The highest BCUT2D eigenvalue weighted by Crippen LogP contribution is 2.41. The minimum absolute atomic E-state index is 0.0129. The molecule has 0 saturated heterocycles. The summed E-state index contributed by atoms with van der Waals surface area (Å²) in [6, 6.07) is 17.5. The number of carbonyl (C=O) groups is 2. The van der Waals surface area contributed by atoms with Gasteiger partial charge >= 0.3 is 0 Å². The molecule has 1 aliphatic carbocycles. The molecule has 4 rings (SSSR count). The van der Waals surface area contributed by atoms with E-state index in [1.165, 1.54) is 5.56 Å². The Morgan fingerprint density at radius 3 is 2.35 bits per heavy atom. The predicted molar refractivity (Wildman–Crippen MR) is 124 cm³/mol. The summed E-state index contributed by atoms with van der Waals surface area (Å²) >= 11 is 0. The second-order valence-electron chi connectivity index (χ2n) is 9.21. The Morgan fingerprint density at radius 2 is 1.74 bits per heavy atom. The molecule has 1 heterocycles. The second-order valence-corrected chi connectivity index (χ2v) is 9.21. The van der Waals surface area contributed by atoms with Gasteiger partial charge in [0.05, 0.1) is 0 Å². The van der Waals surface area contributed by atoms with Crippen LogP contribution in [0.25, 0.3) is 0 Å². The normalized spacial score (nSPS) is 23.4. The number of anilines is 1. The molecular formula is C26H31N3O2. The number of aliphatic imine (C=N–C) groups is 1. The van der Waals surface area contributed by atoms with Crippen molar-refractivity contribution in [2.45, 2.75) is 58.0 Å². The van der Waals surface area contributed by atoms with Crippen molar-refractivity contribution in [2.24, 2.45) is 10.9 Å². The highest BCUT2D eigenvalue weighted by Gasteiger charge is 2.49. The Balaban J connectivity index is 1.54. The molecule has 2 aliphatic rings. The smallest absolute Gasteiger partial charge is 0.275 e. The van der Waals surface area contributed by atoms with Gasteiger partial charge in [-0.15, -0.1) is 0 Å². The lowest BCUT2D eigenvalue weighted by molar-refractivity contribution is -0.134. The first kappa shape index (κ1) is 21.3. The first-order valence-corrected chi connectivity index (χ1v) is 11.2. The Labute approximate surface area is 184 Å². The molecule has 2 amide bonds. The van der Waals surface area contributed by atoms with Crippen molar-refractivity contribution in [2.75, 3.05) is 11.9 Å². The van der Waals surface area contributed by atoms with Crippen LogP contribution in [0.3, 0.4) is 0 Å². The van der Waals surface area contributed by atoms with Crippen molar-refractivity contribution in [3.05, 3.63) is 65.7 Å². The van der Waals surface area contributed by atoms with Crippen LogP contribution in [0.1, 0.15) is 63.5 Å². The first-order valence-electron chi connectivity index (χ1n) is 11.2. The lowest BCUT2D eigenvalue weighted by atomic mass is 9.82. The largest absolute Gasteiger partial charge is 0.325 e. The van der Waals surface area contributed by atoms with Gasteiger partial charge in [-0.2, -0.15) is 0 Å². The van der Waals surface area contributed by atoms with Crippen LogP contribution in [-0.4, -0.2) is 34.6 Å². The topological polar surface area (TPSA) is 61.8 Å².